The molecule has 0 spiro atoms. The molecule has 1 N–H and O–H groups in total. The van der Waals surface area contributed by atoms with Crippen molar-refractivity contribution in [2.75, 3.05) is 6.54 Å². The van der Waals surface area contributed by atoms with Crippen LogP contribution in [0.25, 0.3) is 0 Å². The van der Waals surface area contributed by atoms with Gasteiger partial charge in [-0.25, -0.2) is 4.79 Å². The maximum Gasteiger partial charge on any atom is 0.331 e. The molecule has 2 rings (SSSR count). The summed E-state index contributed by atoms with van der Waals surface area (Å²) in [4.78, 5) is 25.1. The first-order chi connectivity index (χ1) is 9.59. The lowest BCUT2D eigenvalue weighted by molar-refractivity contribution is -0.146. The van der Waals surface area contributed by atoms with E-state index >= 15 is 0 Å². The quantitative estimate of drug-likeness (QED) is 0.844. The van der Waals surface area contributed by atoms with Crippen molar-refractivity contribution in [3.8, 4) is 0 Å². The molecule has 1 aliphatic rings. The number of carbonyl (C=O) groups is 2. The van der Waals surface area contributed by atoms with Crippen LogP contribution in [0.15, 0.2) is 30.3 Å². The first kappa shape index (κ1) is 14.7. The SMILES string of the molecule is O=C(O)[C@@H]1C(=S)CCN1C(=O)CCCc1ccccc1. The van der Waals surface area contributed by atoms with Crippen molar-refractivity contribution >= 4 is 29.0 Å². The summed E-state index contributed by atoms with van der Waals surface area (Å²) in [6, 6.07) is 9.03. The number of amides is 1. The van der Waals surface area contributed by atoms with Gasteiger partial charge in [-0.05, 0) is 24.8 Å². The highest BCUT2D eigenvalue weighted by atomic mass is 32.1. The molecule has 0 unspecified atom stereocenters. The van der Waals surface area contributed by atoms with Crippen LogP contribution in [-0.2, 0) is 16.0 Å². The summed E-state index contributed by atoms with van der Waals surface area (Å²) in [5.74, 6) is -1.14. The zero-order chi connectivity index (χ0) is 14.5. The van der Waals surface area contributed by atoms with E-state index in [2.05, 4.69) is 0 Å². The number of rotatable bonds is 5. The van der Waals surface area contributed by atoms with Crippen LogP contribution in [0.1, 0.15) is 24.8 Å². The second-order valence-corrected chi connectivity index (χ2v) is 5.41. The molecule has 4 nitrogen and oxygen atoms in total. The van der Waals surface area contributed by atoms with Gasteiger partial charge in [0.2, 0.25) is 5.91 Å². The van der Waals surface area contributed by atoms with Crippen LogP contribution in [0.5, 0.6) is 0 Å². The molecule has 1 aliphatic heterocycles. The van der Waals surface area contributed by atoms with Gasteiger partial charge in [-0.1, -0.05) is 42.5 Å². The van der Waals surface area contributed by atoms with Crippen molar-refractivity contribution in [2.45, 2.75) is 31.7 Å². The molecule has 1 aromatic rings. The lowest BCUT2D eigenvalue weighted by Gasteiger charge is -2.21. The molecular formula is C15H17NO3S. The number of carboxylic acid groups (broad SMARTS) is 1. The number of aliphatic carboxylic acids is 1. The maximum atomic E-state index is 12.1. The Morgan fingerprint density at radius 3 is 2.65 bits per heavy atom. The van der Waals surface area contributed by atoms with Gasteiger partial charge in [-0.3, -0.25) is 4.79 Å². The highest BCUT2D eigenvalue weighted by molar-refractivity contribution is 7.80. The molecule has 1 fully saturated rings. The molecule has 5 heteroatoms. The summed E-state index contributed by atoms with van der Waals surface area (Å²) in [5, 5.41) is 9.13. The number of thiocarbonyl (C=S) groups is 1. The lowest BCUT2D eigenvalue weighted by atomic mass is 10.1. The van der Waals surface area contributed by atoms with Gasteiger partial charge in [0.25, 0.3) is 0 Å². The number of likely N-dealkylation sites (tertiary alicyclic amines) is 1. The Kier molecular flexibility index (Phi) is 4.84. The minimum absolute atomic E-state index is 0.117. The van der Waals surface area contributed by atoms with E-state index < -0.39 is 12.0 Å². The Balaban J connectivity index is 1.86. The number of nitrogens with zero attached hydrogens (tertiary/aromatic N) is 1. The van der Waals surface area contributed by atoms with Crippen LogP contribution >= 0.6 is 12.2 Å². The molecule has 1 atom stereocenters. The van der Waals surface area contributed by atoms with Crippen molar-refractivity contribution in [3.63, 3.8) is 0 Å². The second kappa shape index (κ2) is 6.61. The number of carbonyl (C=O) groups excluding carboxylic acids is 1. The summed E-state index contributed by atoms with van der Waals surface area (Å²) in [6.07, 6.45) is 2.42. The number of carboxylic acids is 1. The zero-order valence-corrected chi connectivity index (χ0v) is 11.9. The monoisotopic (exact) mass is 291 g/mol. The smallest absolute Gasteiger partial charge is 0.331 e. The van der Waals surface area contributed by atoms with Crippen molar-refractivity contribution < 1.29 is 14.7 Å². The van der Waals surface area contributed by atoms with E-state index in [1.54, 1.807) is 0 Å². The van der Waals surface area contributed by atoms with Crippen LogP contribution in [0, 0.1) is 0 Å². The number of hydrogen-bond acceptors (Lipinski definition) is 3. The molecule has 1 aromatic carbocycles. The fourth-order valence-corrected chi connectivity index (χ4v) is 2.76. The Morgan fingerprint density at radius 1 is 1.30 bits per heavy atom. The van der Waals surface area contributed by atoms with Gasteiger partial charge in [0.1, 0.15) is 0 Å². The first-order valence-electron chi connectivity index (χ1n) is 6.68. The third-order valence-electron chi connectivity index (χ3n) is 3.47. The molecule has 106 valence electrons. The van der Waals surface area contributed by atoms with Crippen LogP contribution in [0.4, 0.5) is 0 Å². The van der Waals surface area contributed by atoms with E-state index in [9.17, 15) is 9.59 Å². The highest BCUT2D eigenvalue weighted by Crippen LogP contribution is 2.18. The molecule has 1 amide bonds. The number of aryl methyl sites for hydroxylation is 1. The fourth-order valence-electron chi connectivity index (χ4n) is 2.44. The van der Waals surface area contributed by atoms with Crippen molar-refractivity contribution in [1.82, 2.24) is 4.90 Å². The molecule has 20 heavy (non-hydrogen) atoms. The lowest BCUT2D eigenvalue weighted by Crippen LogP contribution is -2.43. The third-order valence-corrected chi connectivity index (χ3v) is 3.90. The molecule has 0 aromatic heterocycles. The largest absolute Gasteiger partial charge is 0.479 e. The predicted octanol–water partition coefficient (Wildman–Crippen LogP) is 2.06. The van der Waals surface area contributed by atoms with Gasteiger partial charge in [-0.2, -0.15) is 0 Å². The Bertz CT molecular complexity index is 515. The van der Waals surface area contributed by atoms with Gasteiger partial charge in [0.15, 0.2) is 6.04 Å². The normalized spacial score (nSPS) is 18.3. The van der Waals surface area contributed by atoms with Crippen LogP contribution < -0.4 is 0 Å². The Labute approximate surface area is 123 Å². The van der Waals surface area contributed by atoms with Crippen molar-refractivity contribution in [1.29, 1.82) is 0 Å². The van der Waals surface area contributed by atoms with Gasteiger partial charge < -0.3 is 10.0 Å². The molecule has 0 radical (unpaired) electrons. The molecular weight excluding hydrogens is 274 g/mol. The summed E-state index contributed by atoms with van der Waals surface area (Å²) in [7, 11) is 0. The zero-order valence-electron chi connectivity index (χ0n) is 11.1. The Hall–Kier alpha value is -1.75. The summed E-state index contributed by atoms with van der Waals surface area (Å²) in [6.45, 7) is 0.431. The molecule has 0 bridgehead atoms. The number of hydrogen-bond donors (Lipinski definition) is 1. The van der Waals surface area contributed by atoms with Crippen molar-refractivity contribution in [3.05, 3.63) is 35.9 Å². The van der Waals surface area contributed by atoms with E-state index in [0.717, 1.165) is 12.8 Å². The summed E-state index contributed by atoms with van der Waals surface area (Å²) >= 11 is 5.03. The van der Waals surface area contributed by atoms with Crippen LogP contribution in [0.3, 0.4) is 0 Å². The average molecular weight is 291 g/mol. The van der Waals surface area contributed by atoms with Crippen LogP contribution in [0.2, 0.25) is 0 Å². The number of benzene rings is 1. The first-order valence-corrected chi connectivity index (χ1v) is 7.09. The fraction of sp³-hybridized carbons (Fsp3) is 0.400. The predicted molar refractivity (Wildman–Crippen MR) is 79.7 cm³/mol. The van der Waals surface area contributed by atoms with E-state index in [0.29, 0.717) is 24.3 Å². The van der Waals surface area contributed by atoms with Crippen molar-refractivity contribution in [2.24, 2.45) is 0 Å². The maximum absolute atomic E-state index is 12.1. The molecule has 1 saturated heterocycles. The summed E-state index contributed by atoms with van der Waals surface area (Å²) in [5.41, 5.74) is 1.19. The average Bonchev–Trinajstić information content (AvgIpc) is 2.82. The van der Waals surface area contributed by atoms with Crippen LogP contribution in [-0.4, -0.2) is 39.3 Å². The Morgan fingerprint density at radius 2 is 2.00 bits per heavy atom. The van der Waals surface area contributed by atoms with Gasteiger partial charge in [-0.15, -0.1) is 0 Å². The molecule has 0 aliphatic carbocycles. The van der Waals surface area contributed by atoms with E-state index in [1.807, 2.05) is 30.3 Å². The minimum Gasteiger partial charge on any atom is -0.479 e. The topological polar surface area (TPSA) is 57.6 Å². The molecule has 1 heterocycles. The second-order valence-electron chi connectivity index (χ2n) is 4.88. The van der Waals surface area contributed by atoms with Gasteiger partial charge >= 0.3 is 5.97 Å². The molecule has 0 saturated carbocycles. The standard InChI is InChI=1S/C15H17NO3S/c17-13(8-4-7-11-5-2-1-3-6-11)16-10-9-12(20)14(16)15(18)19/h1-3,5-6,14H,4,7-10H2,(H,18,19)/t14-/m0/s1. The third kappa shape index (κ3) is 3.42. The van der Waals surface area contributed by atoms with Gasteiger partial charge in [0, 0.05) is 17.8 Å². The van der Waals surface area contributed by atoms with E-state index in [4.69, 9.17) is 17.3 Å². The van der Waals surface area contributed by atoms with E-state index in [-0.39, 0.29) is 5.91 Å². The van der Waals surface area contributed by atoms with Gasteiger partial charge in [0.05, 0.1) is 0 Å². The van der Waals surface area contributed by atoms with E-state index in [1.165, 1.54) is 10.5 Å². The summed E-state index contributed by atoms with van der Waals surface area (Å²) < 4.78 is 0. The minimum atomic E-state index is -1.02. The highest BCUT2D eigenvalue weighted by Gasteiger charge is 2.37.